The van der Waals surface area contributed by atoms with Gasteiger partial charge in [-0.25, -0.2) is 34.7 Å². The number of hydrogen-bond acceptors (Lipinski definition) is 24. The Morgan fingerprint density at radius 1 is 0.674 bits per heavy atom. The van der Waals surface area contributed by atoms with E-state index in [9.17, 15) is 53.7 Å². The van der Waals surface area contributed by atoms with Gasteiger partial charge in [0.25, 0.3) is 40.9 Å². The summed E-state index contributed by atoms with van der Waals surface area (Å²) in [6.07, 6.45) is -3.05. The molecule has 472 valence electrons. The SMILES string of the molecule is C=C(NC(=O)C(=C)NC(=O)c1csc(-c2ccc3c([n+]2[O-])-c2csc(n2)-c2csc(n2)C(C(C)C(C)O)NC(=O)C(Cc2ccc(O)cc2)NC(=O)c2csc(n2)C(C(O)c2ccccc2)NC(=O)c2nc(sc2C)C(CC(N)=O)NC(=O)c2csc-3n2)n1)C(=O)O. The highest BCUT2D eigenvalue weighted by molar-refractivity contribution is 7.15. The van der Waals surface area contributed by atoms with Crippen LogP contribution in [0, 0.1) is 18.0 Å². The second-order valence-electron chi connectivity index (χ2n) is 20.6. The predicted octanol–water partition coefficient (Wildman–Crippen LogP) is 5.78. The minimum absolute atomic E-state index is 0.0179. The molecule has 0 spiro atoms. The number of rotatable bonds is 14. The monoisotopic (exact) mass is 1360 g/mol. The Bertz CT molecular complexity index is 4380. The smallest absolute Gasteiger partial charge is 0.351 e. The van der Waals surface area contributed by atoms with Crippen molar-refractivity contribution in [3.8, 4) is 49.1 Å². The van der Waals surface area contributed by atoms with Gasteiger partial charge in [-0.2, -0.15) is 4.73 Å². The number of primary amides is 1. The molecule has 7 aromatic heterocycles. The van der Waals surface area contributed by atoms with E-state index in [0.29, 0.717) is 31.4 Å². The number of fused-ring (bicyclic) bond motifs is 14. The van der Waals surface area contributed by atoms with Crippen molar-refractivity contribution < 1.29 is 63.5 Å². The Morgan fingerprint density at radius 2 is 1.29 bits per heavy atom. The molecule has 0 aliphatic carbocycles. The van der Waals surface area contributed by atoms with Crippen molar-refractivity contribution in [2.45, 2.75) is 70.0 Å². The quantitative estimate of drug-likeness (QED) is 0.0349. The molecule has 1 aliphatic heterocycles. The van der Waals surface area contributed by atoms with Crippen LogP contribution in [-0.4, -0.2) is 110 Å². The number of aromatic hydroxyl groups is 1. The molecule has 27 nitrogen and oxygen atoms in total. The maximum Gasteiger partial charge on any atom is 0.351 e. The molecule has 0 saturated heterocycles. The number of amides is 7. The largest absolute Gasteiger partial charge is 0.618 e. The molecular formula is C59H52N14O13S6. The van der Waals surface area contributed by atoms with Crippen molar-refractivity contribution in [2.24, 2.45) is 11.7 Å². The number of carbonyl (C=O) groups is 8. The number of aliphatic hydroxyl groups excluding tert-OH is 2. The van der Waals surface area contributed by atoms with E-state index in [4.69, 9.17) is 20.8 Å². The second-order valence-corrected chi connectivity index (χ2v) is 26.2. The van der Waals surface area contributed by atoms with Crippen LogP contribution < -0.4 is 42.4 Å². The Kier molecular flexibility index (Phi) is 19.6. The van der Waals surface area contributed by atoms with Crippen molar-refractivity contribution >= 4 is 115 Å². The van der Waals surface area contributed by atoms with E-state index in [-0.39, 0.29) is 82.6 Å². The molecule has 33 heteroatoms. The zero-order valence-electron chi connectivity index (χ0n) is 48.2. The molecule has 10 rings (SSSR count). The molecule has 10 bridgehead atoms. The average molecular weight is 1360 g/mol. The highest BCUT2D eigenvalue weighted by Gasteiger charge is 2.36. The zero-order valence-corrected chi connectivity index (χ0v) is 53.1. The molecule has 2 aromatic carbocycles. The van der Waals surface area contributed by atoms with Gasteiger partial charge < -0.3 is 63.3 Å². The first-order valence-electron chi connectivity index (χ1n) is 27.4. The Hall–Kier alpha value is -9.87. The van der Waals surface area contributed by atoms with Gasteiger partial charge in [0, 0.05) is 50.2 Å². The summed E-state index contributed by atoms with van der Waals surface area (Å²) in [4.78, 5) is 136. The summed E-state index contributed by atoms with van der Waals surface area (Å²) in [6, 6.07) is 12.5. The summed E-state index contributed by atoms with van der Waals surface area (Å²) < 4.78 is 0.510. The van der Waals surface area contributed by atoms with Gasteiger partial charge in [0.1, 0.15) is 88.8 Å². The fourth-order valence-corrected chi connectivity index (χ4v) is 14.5. The molecule has 0 radical (unpaired) electrons. The predicted molar refractivity (Wildman–Crippen MR) is 341 cm³/mol. The van der Waals surface area contributed by atoms with Crippen molar-refractivity contribution in [1.82, 2.24) is 61.8 Å². The van der Waals surface area contributed by atoms with Crippen LogP contribution in [0.3, 0.4) is 0 Å². The summed E-state index contributed by atoms with van der Waals surface area (Å²) in [5.41, 5.74) is 5.07. The lowest BCUT2D eigenvalue weighted by molar-refractivity contribution is -0.581. The molecular weight excluding hydrogens is 1310 g/mol. The van der Waals surface area contributed by atoms with Crippen molar-refractivity contribution in [2.75, 3.05) is 0 Å². The normalized spacial score (nSPS) is 17.1. The van der Waals surface area contributed by atoms with Crippen LogP contribution in [0.25, 0.3) is 43.4 Å². The number of benzene rings is 2. The number of phenolic OH excluding ortho intramolecular Hbond substituents is 1. The molecule has 8 heterocycles. The summed E-state index contributed by atoms with van der Waals surface area (Å²) in [5.74, 6) is -8.19. The average Bonchev–Trinajstić information content (AvgIpc) is 1.55. The van der Waals surface area contributed by atoms with Crippen molar-refractivity contribution in [3.63, 3.8) is 0 Å². The molecule has 7 unspecified atom stereocenters. The van der Waals surface area contributed by atoms with Crippen LogP contribution in [0.4, 0.5) is 0 Å². The van der Waals surface area contributed by atoms with Crippen molar-refractivity contribution in [3.05, 3.63) is 177 Å². The number of aryl methyl sites for hydroxylation is 1. The molecule has 9 aromatic rings. The van der Waals surface area contributed by atoms with E-state index >= 15 is 5.21 Å². The topological polar surface area (TPSA) is 420 Å². The first kappa shape index (κ1) is 65.1. The van der Waals surface area contributed by atoms with E-state index in [0.717, 1.165) is 68.0 Å². The van der Waals surface area contributed by atoms with Gasteiger partial charge in [-0.3, -0.25) is 33.6 Å². The fraction of sp³-hybridized carbons (Fsp3) is 0.203. The highest BCUT2D eigenvalue weighted by atomic mass is 32.1. The van der Waals surface area contributed by atoms with E-state index in [1.165, 1.54) is 40.4 Å². The van der Waals surface area contributed by atoms with Gasteiger partial charge in [-0.15, -0.1) is 68.0 Å². The number of aliphatic hydroxyl groups is 2. The number of nitrogens with two attached hydrogens (primary N) is 1. The molecule has 1 aliphatic rings. The Balaban J connectivity index is 1.07. The molecule has 12 N–H and O–H groups in total. The van der Waals surface area contributed by atoms with Crippen LogP contribution in [0.2, 0.25) is 0 Å². The number of carboxylic acid groups (broad SMARTS) is 1. The van der Waals surface area contributed by atoms with Crippen LogP contribution in [0.5, 0.6) is 5.75 Å². The number of carboxylic acids is 1. The van der Waals surface area contributed by atoms with Gasteiger partial charge in [0.15, 0.2) is 5.01 Å². The Morgan fingerprint density at radius 3 is 1.99 bits per heavy atom. The van der Waals surface area contributed by atoms with Gasteiger partial charge in [-0.1, -0.05) is 62.5 Å². The van der Waals surface area contributed by atoms with E-state index in [2.05, 4.69) is 59.7 Å². The zero-order chi connectivity index (χ0) is 65.8. The van der Waals surface area contributed by atoms with Gasteiger partial charge in [0.05, 0.1) is 35.9 Å². The third-order valence-electron chi connectivity index (χ3n) is 14.2. The minimum Gasteiger partial charge on any atom is -0.618 e. The highest BCUT2D eigenvalue weighted by Crippen LogP contribution is 2.39. The maximum absolute atomic E-state index is 15.0. The number of hydrogen-bond donors (Lipinski definition) is 11. The number of thiazole rings is 6. The number of nitrogens with one attached hydrogen (secondary N) is 6. The standard InChI is InChI=1S/C59H52N14O13S6/c1-24(27(4)74)42-57-69-39(23-91-57)54-65-35(19-88-54)45-32(15-16-40(73(45)86)56-67-36(21-89-56)49(80)61-25(2)47(78)62-26(3)59(84)85)53-66-37(20-87-53)51(82)64-34(18-41(60)76)55-72-43(28(5)92-55)52(83)71-44(46(77)30-9-7-6-8-10-30)58-68-38(22-90-58)50(81)63-33(48(79)70-42)17-29-11-13-31(75)14-12-29/h6-16,19-24,27,33-34,42,44,46,74-75,77H,2-3,17-18H2,1,4-5H3,(H2,60,76)(H,61,80)(H,62,78)(H,63,81)(H,64,82)(H,70,79)(H,71,83)(H,84,85). The van der Waals surface area contributed by atoms with Crippen LogP contribution in [0.15, 0.2) is 118 Å². The molecule has 7 amide bonds. The molecule has 0 fully saturated rings. The third-order valence-corrected chi connectivity index (χ3v) is 19.8. The van der Waals surface area contributed by atoms with Crippen LogP contribution >= 0.6 is 68.0 Å². The lowest BCUT2D eigenvalue weighted by atomic mass is 9.96. The number of aromatic nitrogens is 7. The maximum atomic E-state index is 15.0. The first-order chi connectivity index (χ1) is 43.9. The first-order valence-corrected chi connectivity index (χ1v) is 32.6. The van der Waals surface area contributed by atoms with E-state index < -0.39 is 107 Å². The summed E-state index contributed by atoms with van der Waals surface area (Å²) in [5, 5.41) is 81.3. The van der Waals surface area contributed by atoms with Crippen LogP contribution in [-0.2, 0) is 25.6 Å². The molecule has 7 atom stereocenters. The van der Waals surface area contributed by atoms with Crippen molar-refractivity contribution in [1.29, 1.82) is 0 Å². The molecule has 0 saturated carbocycles. The minimum atomic E-state index is -1.52. The fourth-order valence-electron chi connectivity index (χ4n) is 9.19. The Labute approximate surface area is 545 Å². The summed E-state index contributed by atoms with van der Waals surface area (Å²) in [7, 11) is 0. The number of phenols is 1. The third kappa shape index (κ3) is 14.5. The number of aliphatic carboxylic acids is 1. The lowest BCUT2D eigenvalue weighted by Gasteiger charge is -2.28. The van der Waals surface area contributed by atoms with E-state index in [1.807, 2.05) is 5.32 Å². The van der Waals surface area contributed by atoms with Gasteiger partial charge >= 0.3 is 5.97 Å². The number of pyridine rings is 1. The second kappa shape index (κ2) is 27.7. The summed E-state index contributed by atoms with van der Waals surface area (Å²) in [6.45, 7) is 11.5. The molecule has 92 heavy (non-hydrogen) atoms. The van der Waals surface area contributed by atoms with E-state index in [1.54, 1.807) is 74.0 Å². The summed E-state index contributed by atoms with van der Waals surface area (Å²) >= 11 is 6.02. The van der Waals surface area contributed by atoms with Gasteiger partial charge in [0.2, 0.25) is 11.8 Å². The number of nitrogens with zero attached hydrogens (tertiary/aromatic N) is 7. The van der Waals surface area contributed by atoms with Crippen LogP contribution in [0.1, 0.15) is 117 Å². The number of carbonyl (C=O) groups excluding carboxylic acids is 7. The lowest BCUT2D eigenvalue weighted by Crippen LogP contribution is -2.50. The van der Waals surface area contributed by atoms with Gasteiger partial charge in [-0.05, 0) is 43.2 Å².